The van der Waals surface area contributed by atoms with Gasteiger partial charge in [0, 0.05) is 33.9 Å². The van der Waals surface area contributed by atoms with Gasteiger partial charge in [0.05, 0.1) is 12.3 Å². The van der Waals surface area contributed by atoms with Crippen molar-refractivity contribution in [2.45, 2.75) is 12.8 Å². The number of aliphatic imine (C=N–C) groups is 1. The SMILES string of the molecule is CCOc1ccc(C2=C(C=Nc3ccc(Cl)cc3)[C@@H](c3ccccc3)c3ccccc3O2)cc1. The molecule has 4 aromatic carbocycles. The van der Waals surface area contributed by atoms with E-state index in [1.54, 1.807) is 0 Å². The molecule has 4 aromatic rings. The lowest BCUT2D eigenvalue weighted by molar-refractivity contribution is 0.340. The number of fused-ring (bicyclic) bond motifs is 1. The summed E-state index contributed by atoms with van der Waals surface area (Å²) in [6.07, 6.45) is 1.92. The van der Waals surface area contributed by atoms with Crippen molar-refractivity contribution in [2.75, 3.05) is 6.61 Å². The number of hydrogen-bond donors (Lipinski definition) is 0. The fourth-order valence-corrected chi connectivity index (χ4v) is 4.31. The molecule has 0 N–H and O–H groups in total. The van der Waals surface area contributed by atoms with Crippen LogP contribution in [0.25, 0.3) is 5.76 Å². The molecule has 0 fully saturated rings. The molecule has 1 atom stereocenters. The van der Waals surface area contributed by atoms with Gasteiger partial charge in [0.2, 0.25) is 0 Å². The highest BCUT2D eigenvalue weighted by atomic mass is 35.5. The van der Waals surface area contributed by atoms with Gasteiger partial charge in [-0.25, -0.2) is 0 Å². The summed E-state index contributed by atoms with van der Waals surface area (Å²) in [5, 5.41) is 0.685. The van der Waals surface area contributed by atoms with Crippen molar-refractivity contribution in [2.24, 2.45) is 4.99 Å². The molecule has 0 spiro atoms. The molecule has 34 heavy (non-hydrogen) atoms. The summed E-state index contributed by atoms with van der Waals surface area (Å²) < 4.78 is 12.2. The lowest BCUT2D eigenvalue weighted by Gasteiger charge is -2.30. The molecule has 0 aromatic heterocycles. The summed E-state index contributed by atoms with van der Waals surface area (Å²) >= 11 is 6.07. The maximum atomic E-state index is 6.52. The quantitative estimate of drug-likeness (QED) is 0.269. The van der Waals surface area contributed by atoms with Gasteiger partial charge in [-0.2, -0.15) is 0 Å². The predicted octanol–water partition coefficient (Wildman–Crippen LogP) is 8.08. The van der Waals surface area contributed by atoms with Gasteiger partial charge in [-0.15, -0.1) is 0 Å². The maximum Gasteiger partial charge on any atom is 0.140 e. The third-order valence-electron chi connectivity index (χ3n) is 5.75. The number of allylic oxidation sites excluding steroid dienone is 1. The monoisotopic (exact) mass is 465 g/mol. The van der Waals surface area contributed by atoms with E-state index in [-0.39, 0.29) is 5.92 Å². The van der Waals surface area contributed by atoms with Gasteiger partial charge < -0.3 is 9.47 Å². The minimum absolute atomic E-state index is 0.0243. The first kappa shape index (κ1) is 22.0. The largest absolute Gasteiger partial charge is 0.494 e. The van der Waals surface area contributed by atoms with Gasteiger partial charge in [-0.1, -0.05) is 60.1 Å². The third-order valence-corrected chi connectivity index (χ3v) is 6.01. The summed E-state index contributed by atoms with van der Waals surface area (Å²) in [6.45, 7) is 2.61. The number of benzene rings is 4. The number of para-hydroxylation sites is 1. The molecular weight excluding hydrogens is 442 g/mol. The highest BCUT2D eigenvalue weighted by Gasteiger charge is 2.30. The molecule has 1 aliphatic heterocycles. The maximum absolute atomic E-state index is 6.52. The standard InChI is InChI=1S/C30H24ClNO2/c1-2-33-25-18-12-22(13-19-25)30-27(20-32-24-16-14-23(31)15-17-24)29(21-8-4-3-5-9-21)26-10-6-7-11-28(26)34-30/h3-20,29H,2H2,1H3/t29-/m0/s1. The summed E-state index contributed by atoms with van der Waals surface area (Å²) in [5.41, 5.74) is 5.08. The Balaban J connectivity index is 1.68. The molecule has 0 saturated heterocycles. The zero-order valence-electron chi connectivity index (χ0n) is 18.8. The van der Waals surface area contributed by atoms with Crippen molar-refractivity contribution in [1.82, 2.24) is 0 Å². The van der Waals surface area contributed by atoms with Gasteiger partial charge in [-0.3, -0.25) is 4.99 Å². The van der Waals surface area contributed by atoms with Crippen molar-refractivity contribution in [3.8, 4) is 11.5 Å². The molecule has 5 rings (SSSR count). The van der Waals surface area contributed by atoms with Gasteiger partial charge in [0.25, 0.3) is 0 Å². The molecule has 0 amide bonds. The lowest BCUT2D eigenvalue weighted by Crippen LogP contribution is -2.17. The van der Waals surface area contributed by atoms with E-state index < -0.39 is 0 Å². The predicted molar refractivity (Wildman–Crippen MR) is 139 cm³/mol. The van der Waals surface area contributed by atoms with Crippen LogP contribution in [-0.2, 0) is 0 Å². The van der Waals surface area contributed by atoms with Crippen molar-refractivity contribution in [3.63, 3.8) is 0 Å². The van der Waals surface area contributed by atoms with E-state index in [0.29, 0.717) is 11.6 Å². The van der Waals surface area contributed by atoms with E-state index in [2.05, 4.69) is 30.3 Å². The Morgan fingerprint density at radius 1 is 0.853 bits per heavy atom. The van der Waals surface area contributed by atoms with Crippen LogP contribution in [0, 0.1) is 0 Å². The molecule has 0 aliphatic carbocycles. The normalized spacial score (nSPS) is 15.2. The Morgan fingerprint density at radius 2 is 1.56 bits per heavy atom. The van der Waals surface area contributed by atoms with E-state index in [1.165, 1.54) is 5.56 Å². The zero-order valence-corrected chi connectivity index (χ0v) is 19.6. The summed E-state index contributed by atoms with van der Waals surface area (Å²) in [7, 11) is 0. The first-order valence-corrected chi connectivity index (χ1v) is 11.7. The van der Waals surface area contributed by atoms with Crippen molar-refractivity contribution >= 4 is 29.3 Å². The van der Waals surface area contributed by atoms with Gasteiger partial charge in [0.15, 0.2) is 0 Å². The molecule has 0 bridgehead atoms. The molecule has 4 heteroatoms. The Morgan fingerprint density at radius 3 is 2.29 bits per heavy atom. The van der Waals surface area contributed by atoms with Crippen LogP contribution in [0.2, 0.25) is 5.02 Å². The van der Waals surface area contributed by atoms with E-state index in [4.69, 9.17) is 26.1 Å². The van der Waals surface area contributed by atoms with Crippen LogP contribution in [0.1, 0.15) is 29.5 Å². The molecular formula is C30H24ClNO2. The van der Waals surface area contributed by atoms with Crippen LogP contribution >= 0.6 is 11.6 Å². The third kappa shape index (κ3) is 4.61. The Bertz CT molecular complexity index is 1330. The molecule has 3 nitrogen and oxygen atoms in total. The van der Waals surface area contributed by atoms with Crippen LogP contribution in [0.5, 0.6) is 11.5 Å². The number of halogens is 1. The Hall–Kier alpha value is -3.82. The van der Waals surface area contributed by atoms with Crippen LogP contribution < -0.4 is 9.47 Å². The summed E-state index contributed by atoms with van der Waals surface area (Å²) in [4.78, 5) is 4.80. The van der Waals surface area contributed by atoms with E-state index in [0.717, 1.165) is 39.6 Å². The second kappa shape index (κ2) is 9.98. The molecule has 0 saturated carbocycles. The average Bonchev–Trinajstić information content (AvgIpc) is 2.89. The second-order valence-electron chi connectivity index (χ2n) is 7.96. The summed E-state index contributed by atoms with van der Waals surface area (Å²) in [6, 6.07) is 34.2. The lowest BCUT2D eigenvalue weighted by atomic mass is 9.81. The molecule has 168 valence electrons. The van der Waals surface area contributed by atoms with Crippen molar-refractivity contribution in [1.29, 1.82) is 0 Å². The molecule has 0 unspecified atom stereocenters. The highest BCUT2D eigenvalue weighted by Crippen LogP contribution is 2.45. The van der Waals surface area contributed by atoms with Crippen molar-refractivity contribution in [3.05, 3.63) is 130 Å². The summed E-state index contributed by atoms with van der Waals surface area (Å²) in [5.74, 6) is 2.44. The second-order valence-corrected chi connectivity index (χ2v) is 8.40. The Labute approximate surface area is 205 Å². The smallest absolute Gasteiger partial charge is 0.140 e. The zero-order chi connectivity index (χ0) is 23.3. The fraction of sp³-hybridized carbons (Fsp3) is 0.100. The van der Waals surface area contributed by atoms with E-state index in [1.807, 2.05) is 85.9 Å². The minimum Gasteiger partial charge on any atom is -0.494 e. The number of rotatable bonds is 6. The van der Waals surface area contributed by atoms with E-state index >= 15 is 0 Å². The highest BCUT2D eigenvalue weighted by molar-refractivity contribution is 6.30. The van der Waals surface area contributed by atoms with Gasteiger partial charge in [0.1, 0.15) is 17.3 Å². The van der Waals surface area contributed by atoms with Crippen LogP contribution in [-0.4, -0.2) is 12.8 Å². The minimum atomic E-state index is -0.0243. The Kier molecular flexibility index (Phi) is 6.46. The first-order chi connectivity index (χ1) is 16.7. The first-order valence-electron chi connectivity index (χ1n) is 11.3. The number of ether oxygens (including phenoxy) is 2. The number of hydrogen-bond acceptors (Lipinski definition) is 3. The van der Waals surface area contributed by atoms with Gasteiger partial charge >= 0.3 is 0 Å². The average molecular weight is 466 g/mol. The molecule has 1 aliphatic rings. The fourth-order valence-electron chi connectivity index (χ4n) is 4.18. The number of nitrogens with zero attached hydrogens (tertiary/aromatic N) is 1. The van der Waals surface area contributed by atoms with Crippen molar-refractivity contribution < 1.29 is 9.47 Å². The van der Waals surface area contributed by atoms with Gasteiger partial charge in [-0.05, 0) is 67.1 Å². The molecule has 1 heterocycles. The van der Waals surface area contributed by atoms with E-state index in [9.17, 15) is 0 Å². The van der Waals surface area contributed by atoms with Crippen LogP contribution in [0.15, 0.2) is 114 Å². The molecule has 0 radical (unpaired) electrons. The van der Waals surface area contributed by atoms with Crippen LogP contribution in [0.4, 0.5) is 5.69 Å². The topological polar surface area (TPSA) is 30.8 Å². The van der Waals surface area contributed by atoms with Crippen LogP contribution in [0.3, 0.4) is 0 Å².